The van der Waals surface area contributed by atoms with Crippen molar-refractivity contribution in [1.29, 1.82) is 0 Å². The lowest BCUT2D eigenvalue weighted by atomic mass is 10.1. The number of hydrogen-bond acceptors (Lipinski definition) is 7. The van der Waals surface area contributed by atoms with Crippen molar-refractivity contribution in [2.75, 3.05) is 42.6 Å². The third-order valence-electron chi connectivity index (χ3n) is 5.49. The summed E-state index contributed by atoms with van der Waals surface area (Å²) in [7, 11) is 0. The molecule has 8 nitrogen and oxygen atoms in total. The van der Waals surface area contributed by atoms with E-state index in [-0.39, 0.29) is 18.2 Å². The third kappa shape index (κ3) is 3.91. The number of carbonyl (C=O) groups is 3. The molecule has 0 aliphatic carbocycles. The maximum Gasteiger partial charge on any atom is 0.338 e. The van der Waals surface area contributed by atoms with Crippen LogP contribution in [0.1, 0.15) is 23.7 Å². The van der Waals surface area contributed by atoms with Crippen molar-refractivity contribution >= 4 is 29.3 Å². The van der Waals surface area contributed by atoms with Gasteiger partial charge in [0.05, 0.1) is 30.3 Å². The number of aromatic nitrogens is 1. The fraction of sp³-hybridized carbons (Fsp3) is 0.364. The van der Waals surface area contributed by atoms with Crippen LogP contribution in [-0.2, 0) is 14.3 Å². The number of amides is 2. The van der Waals surface area contributed by atoms with E-state index in [0.29, 0.717) is 30.9 Å². The normalized spacial score (nSPS) is 20.0. The molecule has 0 N–H and O–H groups in total. The summed E-state index contributed by atoms with van der Waals surface area (Å²) in [6, 6.07) is 11.7. The Kier molecular flexibility index (Phi) is 5.76. The maximum atomic E-state index is 13.0. The number of nitrogens with zero attached hydrogens (tertiary/aromatic N) is 4. The second kappa shape index (κ2) is 8.62. The average molecular weight is 408 g/mol. The molecule has 0 bridgehead atoms. The first kappa shape index (κ1) is 20.0. The van der Waals surface area contributed by atoms with E-state index in [1.165, 1.54) is 4.90 Å². The van der Waals surface area contributed by atoms with Gasteiger partial charge < -0.3 is 9.64 Å². The quantitative estimate of drug-likeness (QED) is 0.550. The molecule has 8 heteroatoms. The van der Waals surface area contributed by atoms with Crippen LogP contribution in [0.25, 0.3) is 0 Å². The van der Waals surface area contributed by atoms with E-state index in [9.17, 15) is 14.4 Å². The molecule has 30 heavy (non-hydrogen) atoms. The molecule has 0 unspecified atom stereocenters. The van der Waals surface area contributed by atoms with Gasteiger partial charge in [-0.3, -0.25) is 14.5 Å². The van der Waals surface area contributed by atoms with Gasteiger partial charge in [0.15, 0.2) is 0 Å². The molecular weight excluding hydrogens is 384 g/mol. The van der Waals surface area contributed by atoms with Crippen molar-refractivity contribution in [3.8, 4) is 0 Å². The molecule has 4 rings (SSSR count). The highest BCUT2D eigenvalue weighted by Gasteiger charge is 2.43. The Bertz CT molecular complexity index is 924. The summed E-state index contributed by atoms with van der Waals surface area (Å²) in [5.41, 5.74) is 0.870. The largest absolute Gasteiger partial charge is 0.462 e. The average Bonchev–Trinajstić information content (AvgIpc) is 3.08. The van der Waals surface area contributed by atoms with Crippen molar-refractivity contribution in [1.82, 2.24) is 9.88 Å². The summed E-state index contributed by atoms with van der Waals surface area (Å²) in [6.45, 7) is 4.92. The minimum Gasteiger partial charge on any atom is -0.462 e. The zero-order valence-electron chi connectivity index (χ0n) is 16.9. The van der Waals surface area contributed by atoms with Crippen LogP contribution in [0.15, 0.2) is 48.7 Å². The minimum atomic E-state index is -0.451. The summed E-state index contributed by atoms with van der Waals surface area (Å²) in [5, 5.41) is 0. The second-order valence-corrected chi connectivity index (χ2v) is 7.27. The number of imide groups is 1. The van der Waals surface area contributed by atoms with Gasteiger partial charge in [0.2, 0.25) is 5.91 Å². The number of pyridine rings is 1. The summed E-state index contributed by atoms with van der Waals surface area (Å²) >= 11 is 0. The van der Waals surface area contributed by atoms with Gasteiger partial charge >= 0.3 is 5.97 Å². The van der Waals surface area contributed by atoms with E-state index >= 15 is 0 Å². The van der Waals surface area contributed by atoms with Crippen LogP contribution in [0.2, 0.25) is 0 Å². The number of piperazine rings is 1. The molecule has 2 saturated heterocycles. The Hall–Kier alpha value is -3.26. The van der Waals surface area contributed by atoms with Gasteiger partial charge in [-0.15, -0.1) is 0 Å². The number of hydrogen-bond donors (Lipinski definition) is 0. The standard InChI is InChI=1S/C22H24N4O4/c1-2-30-22(29)16-6-8-17(9-7-16)26-20(27)15-18(21(26)28)24-11-13-25(14-12-24)19-5-3-4-10-23-19/h3-10,18H,2,11-15H2,1H3/t18-/m1/s1. The van der Waals surface area contributed by atoms with Crippen LogP contribution in [0.3, 0.4) is 0 Å². The predicted molar refractivity (Wildman–Crippen MR) is 111 cm³/mol. The molecule has 0 radical (unpaired) electrons. The van der Waals surface area contributed by atoms with Crippen molar-refractivity contribution in [3.63, 3.8) is 0 Å². The molecule has 2 aromatic rings. The zero-order valence-corrected chi connectivity index (χ0v) is 16.9. The lowest BCUT2D eigenvalue weighted by Crippen LogP contribution is -2.52. The van der Waals surface area contributed by atoms with E-state index in [0.717, 1.165) is 18.9 Å². The van der Waals surface area contributed by atoms with E-state index in [1.54, 1.807) is 37.4 Å². The van der Waals surface area contributed by atoms with E-state index in [4.69, 9.17) is 4.74 Å². The highest BCUT2D eigenvalue weighted by atomic mass is 16.5. The Balaban J connectivity index is 1.41. The van der Waals surface area contributed by atoms with Gasteiger partial charge in [0.25, 0.3) is 5.91 Å². The summed E-state index contributed by atoms with van der Waals surface area (Å²) in [5.74, 6) is 0.0669. The monoisotopic (exact) mass is 408 g/mol. The molecule has 0 spiro atoms. The molecule has 156 valence electrons. The van der Waals surface area contributed by atoms with Crippen molar-refractivity contribution < 1.29 is 19.1 Å². The second-order valence-electron chi connectivity index (χ2n) is 7.27. The van der Waals surface area contributed by atoms with Gasteiger partial charge in [-0.2, -0.15) is 0 Å². The third-order valence-corrected chi connectivity index (χ3v) is 5.49. The van der Waals surface area contributed by atoms with Gasteiger partial charge in [0, 0.05) is 32.4 Å². The lowest BCUT2D eigenvalue weighted by Gasteiger charge is -2.37. The highest BCUT2D eigenvalue weighted by molar-refractivity contribution is 6.22. The van der Waals surface area contributed by atoms with E-state index in [1.807, 2.05) is 18.2 Å². The first-order valence-electron chi connectivity index (χ1n) is 10.1. The summed E-state index contributed by atoms with van der Waals surface area (Å²) in [6.07, 6.45) is 1.94. The van der Waals surface area contributed by atoms with Gasteiger partial charge in [-0.05, 0) is 43.3 Å². The molecule has 1 aromatic heterocycles. The fourth-order valence-electron chi connectivity index (χ4n) is 3.94. The maximum absolute atomic E-state index is 13.0. The van der Waals surface area contributed by atoms with Crippen LogP contribution >= 0.6 is 0 Å². The zero-order chi connectivity index (χ0) is 21.1. The minimum absolute atomic E-state index is 0.169. The smallest absolute Gasteiger partial charge is 0.338 e. The van der Waals surface area contributed by atoms with Crippen LogP contribution in [0.5, 0.6) is 0 Å². The molecule has 2 fully saturated rings. The predicted octanol–water partition coefficient (Wildman–Crippen LogP) is 1.71. The number of anilines is 2. The van der Waals surface area contributed by atoms with Crippen molar-refractivity contribution in [2.24, 2.45) is 0 Å². The molecule has 2 amide bonds. The van der Waals surface area contributed by atoms with Crippen LogP contribution < -0.4 is 9.80 Å². The van der Waals surface area contributed by atoms with Crippen molar-refractivity contribution in [2.45, 2.75) is 19.4 Å². The van der Waals surface area contributed by atoms with E-state index < -0.39 is 12.0 Å². The summed E-state index contributed by atoms with van der Waals surface area (Å²) in [4.78, 5) is 47.3. The highest BCUT2D eigenvalue weighted by Crippen LogP contribution is 2.27. The lowest BCUT2D eigenvalue weighted by molar-refractivity contribution is -0.123. The Morgan fingerprint density at radius 1 is 1.07 bits per heavy atom. The Morgan fingerprint density at radius 3 is 2.43 bits per heavy atom. The number of rotatable bonds is 5. The van der Waals surface area contributed by atoms with Gasteiger partial charge in [-0.25, -0.2) is 14.7 Å². The number of esters is 1. The Labute approximate surface area is 175 Å². The van der Waals surface area contributed by atoms with Crippen LogP contribution in [0.4, 0.5) is 11.5 Å². The number of carbonyl (C=O) groups excluding carboxylic acids is 3. The SMILES string of the molecule is CCOC(=O)c1ccc(N2C(=O)C[C@@H](N3CCN(c4ccccn4)CC3)C2=O)cc1. The first-order chi connectivity index (χ1) is 14.6. The summed E-state index contributed by atoms with van der Waals surface area (Å²) < 4.78 is 4.97. The van der Waals surface area contributed by atoms with E-state index in [2.05, 4.69) is 14.8 Å². The van der Waals surface area contributed by atoms with Crippen LogP contribution in [-0.4, -0.2) is 66.5 Å². The topological polar surface area (TPSA) is 83.1 Å². The van der Waals surface area contributed by atoms with Gasteiger partial charge in [0.1, 0.15) is 5.82 Å². The Morgan fingerprint density at radius 2 is 1.80 bits per heavy atom. The number of ether oxygens (including phenoxy) is 1. The van der Waals surface area contributed by atoms with Crippen molar-refractivity contribution in [3.05, 3.63) is 54.2 Å². The number of benzene rings is 1. The fourth-order valence-corrected chi connectivity index (χ4v) is 3.94. The molecule has 1 aromatic carbocycles. The molecule has 2 aliphatic rings. The van der Waals surface area contributed by atoms with Gasteiger partial charge in [-0.1, -0.05) is 6.07 Å². The molecule has 2 aliphatic heterocycles. The molecule has 0 saturated carbocycles. The molecule has 1 atom stereocenters. The first-order valence-corrected chi connectivity index (χ1v) is 10.1. The molecule has 3 heterocycles. The van der Waals surface area contributed by atoms with Crippen LogP contribution in [0, 0.1) is 0 Å². The molecular formula is C22H24N4O4.